The first kappa shape index (κ1) is 11.3. The van der Waals surface area contributed by atoms with Crippen LogP contribution in [0.1, 0.15) is 57.8 Å². The third-order valence-electron chi connectivity index (χ3n) is 4.96. The Morgan fingerprint density at radius 1 is 0.941 bits per heavy atom. The molecule has 3 rings (SSSR count). The molecule has 0 aromatic heterocycles. The Morgan fingerprint density at radius 2 is 1.65 bits per heavy atom. The molecule has 2 saturated carbocycles. The maximum Gasteiger partial charge on any atom is 0.148 e. The van der Waals surface area contributed by atoms with Crippen molar-refractivity contribution in [1.82, 2.24) is 5.32 Å². The zero-order chi connectivity index (χ0) is 11.7. The highest BCUT2D eigenvalue weighted by Gasteiger charge is 2.38. The van der Waals surface area contributed by atoms with E-state index in [2.05, 4.69) is 5.32 Å². The normalized spacial score (nSPS) is 34.4. The Morgan fingerprint density at radius 3 is 2.41 bits per heavy atom. The van der Waals surface area contributed by atoms with Crippen molar-refractivity contribution >= 4 is 6.29 Å². The van der Waals surface area contributed by atoms with Crippen LogP contribution in [-0.2, 0) is 4.79 Å². The Hall–Kier alpha value is -0.790. The Kier molecular flexibility index (Phi) is 3.21. The highest BCUT2D eigenvalue weighted by Crippen LogP contribution is 2.41. The lowest BCUT2D eigenvalue weighted by molar-refractivity contribution is -0.105. The maximum atomic E-state index is 11.4. The number of fused-ring (bicyclic) bond motifs is 1. The van der Waals surface area contributed by atoms with Gasteiger partial charge in [0.1, 0.15) is 6.29 Å². The maximum absolute atomic E-state index is 11.4. The van der Waals surface area contributed by atoms with Crippen LogP contribution in [0.5, 0.6) is 0 Å². The van der Waals surface area contributed by atoms with Gasteiger partial charge in [0, 0.05) is 23.2 Å². The van der Waals surface area contributed by atoms with Gasteiger partial charge in [-0.25, -0.2) is 0 Å². The molecule has 0 saturated heterocycles. The molecule has 3 aliphatic rings. The van der Waals surface area contributed by atoms with Crippen LogP contribution < -0.4 is 5.32 Å². The molecular formula is C15H23NO. The third-order valence-corrected chi connectivity index (χ3v) is 4.96. The molecule has 2 fully saturated rings. The van der Waals surface area contributed by atoms with Crippen LogP contribution in [0.2, 0.25) is 0 Å². The summed E-state index contributed by atoms with van der Waals surface area (Å²) in [5, 5.41) is 3.71. The summed E-state index contributed by atoms with van der Waals surface area (Å²) in [4.78, 5) is 11.4. The Labute approximate surface area is 104 Å². The van der Waals surface area contributed by atoms with Gasteiger partial charge in [0.2, 0.25) is 0 Å². The molecule has 1 aliphatic heterocycles. The number of aldehydes is 1. The molecule has 0 amide bonds. The largest absolute Gasteiger partial charge is 0.384 e. The molecule has 0 bridgehead atoms. The molecule has 2 nitrogen and oxygen atoms in total. The lowest BCUT2D eigenvalue weighted by Crippen LogP contribution is -2.33. The predicted molar refractivity (Wildman–Crippen MR) is 68.5 cm³/mol. The van der Waals surface area contributed by atoms with E-state index in [1.54, 1.807) is 0 Å². The lowest BCUT2D eigenvalue weighted by Gasteiger charge is -2.27. The molecule has 0 radical (unpaired) electrons. The van der Waals surface area contributed by atoms with Crippen LogP contribution in [0.25, 0.3) is 0 Å². The first-order chi connectivity index (χ1) is 8.40. The smallest absolute Gasteiger partial charge is 0.148 e. The first-order valence-corrected chi connectivity index (χ1v) is 7.36. The minimum absolute atomic E-state index is 0.540. The highest BCUT2D eigenvalue weighted by molar-refractivity contribution is 5.77. The summed E-state index contributed by atoms with van der Waals surface area (Å²) in [6.07, 6.45) is 12.9. The van der Waals surface area contributed by atoms with Crippen LogP contribution >= 0.6 is 0 Å². The van der Waals surface area contributed by atoms with E-state index >= 15 is 0 Å². The van der Waals surface area contributed by atoms with E-state index in [0.29, 0.717) is 17.9 Å². The van der Waals surface area contributed by atoms with Gasteiger partial charge < -0.3 is 5.32 Å². The molecule has 0 aromatic rings. The van der Waals surface area contributed by atoms with Crippen molar-refractivity contribution in [3.8, 4) is 0 Å². The number of hydrogen-bond acceptors (Lipinski definition) is 2. The fourth-order valence-electron chi connectivity index (χ4n) is 4.05. The van der Waals surface area contributed by atoms with Crippen molar-refractivity contribution in [2.75, 3.05) is 0 Å². The van der Waals surface area contributed by atoms with Crippen LogP contribution in [0.3, 0.4) is 0 Å². The molecule has 2 heteroatoms. The van der Waals surface area contributed by atoms with E-state index in [1.165, 1.54) is 63.5 Å². The average Bonchev–Trinajstić information content (AvgIpc) is 2.78. The summed E-state index contributed by atoms with van der Waals surface area (Å²) < 4.78 is 0. The van der Waals surface area contributed by atoms with Gasteiger partial charge in [-0.05, 0) is 31.6 Å². The molecule has 94 valence electrons. The quantitative estimate of drug-likeness (QED) is 0.742. The van der Waals surface area contributed by atoms with Crippen LogP contribution in [0.15, 0.2) is 11.3 Å². The fourth-order valence-corrected chi connectivity index (χ4v) is 4.05. The molecule has 2 aliphatic carbocycles. The van der Waals surface area contributed by atoms with Gasteiger partial charge in [-0.1, -0.05) is 32.1 Å². The molecule has 2 unspecified atom stereocenters. The van der Waals surface area contributed by atoms with Crippen molar-refractivity contribution in [3.05, 3.63) is 11.3 Å². The molecule has 0 aromatic carbocycles. The van der Waals surface area contributed by atoms with Crippen LogP contribution in [0.4, 0.5) is 0 Å². The summed E-state index contributed by atoms with van der Waals surface area (Å²) in [7, 11) is 0. The topological polar surface area (TPSA) is 29.1 Å². The standard InChI is InChI=1S/C15H23NO/c17-10-13-12-8-4-5-9-14(12)16-15(13)11-6-2-1-3-7-11/h10-12,14,16H,1-9H2. The van der Waals surface area contributed by atoms with Crippen LogP contribution in [0, 0.1) is 11.8 Å². The minimum atomic E-state index is 0.540. The van der Waals surface area contributed by atoms with Gasteiger partial charge in [-0.2, -0.15) is 0 Å². The Bertz CT molecular complexity index is 328. The SMILES string of the molecule is O=CC1=C(C2CCCCC2)NC2CCCCC12. The number of hydrogen-bond donors (Lipinski definition) is 1. The van der Waals surface area contributed by atoms with E-state index < -0.39 is 0 Å². The second kappa shape index (κ2) is 4.83. The monoisotopic (exact) mass is 233 g/mol. The molecule has 17 heavy (non-hydrogen) atoms. The van der Waals surface area contributed by atoms with Crippen molar-refractivity contribution < 1.29 is 4.79 Å². The number of allylic oxidation sites excluding steroid dienone is 1. The van der Waals surface area contributed by atoms with Gasteiger partial charge in [0.15, 0.2) is 0 Å². The predicted octanol–water partition coefficient (Wildman–Crippen LogP) is 3.18. The van der Waals surface area contributed by atoms with Crippen molar-refractivity contribution in [2.24, 2.45) is 11.8 Å². The van der Waals surface area contributed by atoms with Crippen molar-refractivity contribution in [2.45, 2.75) is 63.8 Å². The summed E-state index contributed by atoms with van der Waals surface area (Å²) in [5.74, 6) is 1.20. The summed E-state index contributed by atoms with van der Waals surface area (Å²) in [6, 6.07) is 0.584. The van der Waals surface area contributed by atoms with Gasteiger partial charge in [0.05, 0.1) is 0 Å². The van der Waals surface area contributed by atoms with Gasteiger partial charge in [-0.15, -0.1) is 0 Å². The van der Waals surface area contributed by atoms with E-state index in [0.717, 1.165) is 11.9 Å². The van der Waals surface area contributed by atoms with E-state index in [-0.39, 0.29) is 0 Å². The average molecular weight is 233 g/mol. The lowest BCUT2D eigenvalue weighted by atomic mass is 9.80. The number of carbonyl (C=O) groups is 1. The molecule has 1 heterocycles. The van der Waals surface area contributed by atoms with E-state index in [9.17, 15) is 4.79 Å². The van der Waals surface area contributed by atoms with E-state index in [1.807, 2.05) is 0 Å². The minimum Gasteiger partial charge on any atom is -0.384 e. The molecule has 2 atom stereocenters. The number of rotatable bonds is 2. The fraction of sp³-hybridized carbons (Fsp3) is 0.800. The van der Waals surface area contributed by atoms with Crippen molar-refractivity contribution in [3.63, 3.8) is 0 Å². The van der Waals surface area contributed by atoms with Gasteiger partial charge in [0.25, 0.3) is 0 Å². The second-order valence-electron chi connectivity index (χ2n) is 5.96. The van der Waals surface area contributed by atoms with Gasteiger partial charge in [-0.3, -0.25) is 4.79 Å². The first-order valence-electron chi connectivity index (χ1n) is 7.36. The van der Waals surface area contributed by atoms with Gasteiger partial charge >= 0.3 is 0 Å². The molecular weight excluding hydrogens is 210 g/mol. The third kappa shape index (κ3) is 2.02. The number of carbonyl (C=O) groups excluding carboxylic acids is 1. The van der Waals surface area contributed by atoms with Crippen LogP contribution in [-0.4, -0.2) is 12.3 Å². The molecule has 0 spiro atoms. The van der Waals surface area contributed by atoms with Crippen molar-refractivity contribution in [1.29, 1.82) is 0 Å². The zero-order valence-corrected chi connectivity index (χ0v) is 10.6. The Balaban J connectivity index is 1.82. The van der Waals surface area contributed by atoms with E-state index in [4.69, 9.17) is 0 Å². The number of nitrogens with one attached hydrogen (secondary N) is 1. The summed E-state index contributed by atoms with van der Waals surface area (Å²) in [5.41, 5.74) is 2.48. The molecule has 1 N–H and O–H groups in total. The highest BCUT2D eigenvalue weighted by atomic mass is 16.1. The zero-order valence-electron chi connectivity index (χ0n) is 10.6. The summed E-state index contributed by atoms with van der Waals surface area (Å²) >= 11 is 0. The summed E-state index contributed by atoms with van der Waals surface area (Å²) in [6.45, 7) is 0. The second-order valence-corrected chi connectivity index (χ2v) is 5.96.